The first-order valence-corrected chi connectivity index (χ1v) is 5.75. The van der Waals surface area contributed by atoms with Gasteiger partial charge < -0.3 is 0 Å². The molecule has 0 atom stereocenters. The van der Waals surface area contributed by atoms with Crippen LogP contribution in [0, 0.1) is 6.92 Å². The van der Waals surface area contributed by atoms with Crippen LogP contribution < -0.4 is 0 Å². The number of benzene rings is 1. The normalized spacial score (nSPS) is 13.4. The Labute approximate surface area is 116 Å². The molecule has 0 radical (unpaired) electrons. The van der Waals surface area contributed by atoms with Gasteiger partial charge in [0.15, 0.2) is 0 Å². The van der Waals surface area contributed by atoms with Gasteiger partial charge in [0.25, 0.3) is 0 Å². The highest BCUT2D eigenvalue weighted by atomic mass is 79.9. The van der Waals surface area contributed by atoms with Crippen LogP contribution in [0.1, 0.15) is 15.9 Å². The van der Waals surface area contributed by atoms with Gasteiger partial charge in [0, 0.05) is 10.0 Å². The van der Waals surface area contributed by atoms with Crippen molar-refractivity contribution in [2.45, 2.75) is 24.9 Å². The predicted octanol–water partition coefficient (Wildman–Crippen LogP) is 4.77. The third-order valence-corrected chi connectivity index (χ3v) is 2.96. The van der Waals surface area contributed by atoms with Gasteiger partial charge in [-0.25, -0.2) is 0 Å². The minimum atomic E-state index is -6.53. The van der Waals surface area contributed by atoms with Gasteiger partial charge in [-0.3, -0.25) is 4.79 Å². The molecule has 0 heterocycles. The van der Waals surface area contributed by atoms with E-state index in [2.05, 4.69) is 15.9 Å². The number of aryl methyl sites for hydroxylation is 1. The first kappa shape index (κ1) is 16.9. The second-order valence-corrected chi connectivity index (χ2v) is 4.85. The van der Waals surface area contributed by atoms with Crippen molar-refractivity contribution in [3.05, 3.63) is 33.8 Å². The molecule has 1 nitrogen and oxygen atoms in total. The molecule has 1 rings (SSSR count). The molecule has 0 aliphatic carbocycles. The summed E-state index contributed by atoms with van der Waals surface area (Å²) in [6, 6.07) is 2.99. The van der Waals surface area contributed by atoms with Crippen LogP contribution in [0.5, 0.6) is 0 Å². The maximum Gasteiger partial charge on any atom is 0.460 e. The van der Waals surface area contributed by atoms with E-state index in [1.807, 2.05) is 0 Å². The molecule has 0 aromatic heterocycles. The Bertz CT molecular complexity index is 536. The van der Waals surface area contributed by atoms with Crippen molar-refractivity contribution >= 4 is 21.7 Å². The van der Waals surface area contributed by atoms with E-state index in [0.717, 1.165) is 25.1 Å². The Morgan fingerprint density at radius 1 is 1.05 bits per heavy atom. The van der Waals surface area contributed by atoms with Crippen molar-refractivity contribution in [2.75, 3.05) is 0 Å². The van der Waals surface area contributed by atoms with E-state index >= 15 is 0 Å². The summed E-state index contributed by atoms with van der Waals surface area (Å²) in [4.78, 5) is 11.3. The second-order valence-electron chi connectivity index (χ2n) is 3.93. The Morgan fingerprint density at radius 2 is 1.55 bits per heavy atom. The van der Waals surface area contributed by atoms with Crippen molar-refractivity contribution in [3.63, 3.8) is 0 Å². The molecular weight excluding hydrogens is 361 g/mol. The number of carbonyl (C=O) groups excluding carboxylic acids is 1. The van der Waals surface area contributed by atoms with Gasteiger partial charge in [0.1, 0.15) is 0 Å². The van der Waals surface area contributed by atoms with Crippen LogP contribution in [0.25, 0.3) is 0 Å². The van der Waals surface area contributed by atoms with Crippen LogP contribution in [0.3, 0.4) is 0 Å². The first-order chi connectivity index (χ1) is 8.82. The van der Waals surface area contributed by atoms with E-state index in [-0.39, 0.29) is 5.56 Å². The van der Waals surface area contributed by atoms with Crippen molar-refractivity contribution < 1.29 is 35.5 Å². The van der Waals surface area contributed by atoms with Gasteiger partial charge in [-0.2, -0.15) is 30.7 Å². The van der Waals surface area contributed by atoms with Crippen molar-refractivity contribution in [1.29, 1.82) is 0 Å². The Morgan fingerprint density at radius 3 is 1.95 bits per heavy atom. The highest BCUT2D eigenvalue weighted by Crippen LogP contribution is 2.48. The lowest BCUT2D eigenvalue weighted by atomic mass is 9.96. The molecule has 20 heavy (non-hydrogen) atoms. The van der Waals surface area contributed by atoms with E-state index in [9.17, 15) is 35.5 Å². The lowest BCUT2D eigenvalue weighted by molar-refractivity contribution is -0.339. The van der Waals surface area contributed by atoms with Crippen molar-refractivity contribution in [1.82, 2.24) is 0 Å². The number of alkyl halides is 7. The van der Waals surface area contributed by atoms with Crippen LogP contribution in [0.2, 0.25) is 0 Å². The summed E-state index contributed by atoms with van der Waals surface area (Å²) >= 11 is 2.94. The smallest absolute Gasteiger partial charge is 0.287 e. The van der Waals surface area contributed by atoms with Crippen LogP contribution in [0.4, 0.5) is 30.7 Å². The molecule has 0 spiro atoms. The minimum absolute atomic E-state index is 0.151. The highest BCUT2D eigenvalue weighted by molar-refractivity contribution is 9.10. The molecule has 0 bridgehead atoms. The van der Waals surface area contributed by atoms with Crippen molar-refractivity contribution in [2.24, 2.45) is 0 Å². The molecule has 0 unspecified atom stereocenters. The number of halogens is 8. The summed E-state index contributed by atoms with van der Waals surface area (Å²) in [5.74, 6) is -14.9. The minimum Gasteiger partial charge on any atom is -0.287 e. The fourth-order valence-corrected chi connectivity index (χ4v) is 1.85. The predicted molar refractivity (Wildman–Crippen MR) is 59.2 cm³/mol. The van der Waals surface area contributed by atoms with Crippen LogP contribution in [0.15, 0.2) is 22.7 Å². The molecule has 112 valence electrons. The van der Waals surface area contributed by atoms with Gasteiger partial charge in [-0.05, 0) is 30.7 Å². The summed E-state index contributed by atoms with van der Waals surface area (Å²) in [7, 11) is 0. The molecule has 1 aromatic rings. The molecule has 0 saturated carbocycles. The van der Waals surface area contributed by atoms with Gasteiger partial charge >= 0.3 is 18.0 Å². The van der Waals surface area contributed by atoms with E-state index in [1.165, 1.54) is 0 Å². The lowest BCUT2D eigenvalue weighted by Gasteiger charge is -2.27. The van der Waals surface area contributed by atoms with Gasteiger partial charge in [-0.1, -0.05) is 15.9 Å². The van der Waals surface area contributed by atoms with E-state index in [4.69, 9.17) is 0 Å². The average Bonchev–Trinajstić information content (AvgIpc) is 2.26. The SMILES string of the molecule is Cc1cc(Br)ccc1C(=O)C(F)(F)C(F)(F)C(F)(F)F. The zero-order valence-electron chi connectivity index (χ0n) is 9.66. The van der Waals surface area contributed by atoms with E-state index in [1.54, 1.807) is 0 Å². The summed E-state index contributed by atoms with van der Waals surface area (Å²) in [6.45, 7) is 1.14. The molecule has 0 aliphatic heterocycles. The molecule has 0 fully saturated rings. The zero-order chi connectivity index (χ0) is 15.9. The highest BCUT2D eigenvalue weighted by Gasteiger charge is 2.76. The number of hydrogen-bond acceptors (Lipinski definition) is 1. The fourth-order valence-electron chi connectivity index (χ4n) is 1.37. The molecule has 0 aliphatic rings. The molecule has 9 heteroatoms. The van der Waals surface area contributed by atoms with Gasteiger partial charge in [-0.15, -0.1) is 0 Å². The van der Waals surface area contributed by atoms with Crippen molar-refractivity contribution in [3.8, 4) is 0 Å². The molecule has 1 aromatic carbocycles. The monoisotopic (exact) mass is 366 g/mol. The standard InChI is InChI=1S/C11H6BrF7O/c1-5-4-6(12)2-3-7(5)8(20)9(13,14)10(15,16)11(17,18)19/h2-4H,1H3. The number of Topliss-reactive ketones (excluding diaryl/α,β-unsaturated/α-hetero) is 1. The summed E-state index contributed by atoms with van der Waals surface area (Å²) in [5.41, 5.74) is -1.05. The Kier molecular flexibility index (Phi) is 4.24. The largest absolute Gasteiger partial charge is 0.460 e. The van der Waals surface area contributed by atoms with E-state index < -0.39 is 29.4 Å². The molecular formula is C11H6BrF7O. The molecule has 0 amide bonds. The lowest BCUT2D eigenvalue weighted by Crippen LogP contribution is -2.56. The van der Waals surface area contributed by atoms with Crippen LogP contribution in [-0.2, 0) is 0 Å². The zero-order valence-corrected chi connectivity index (χ0v) is 11.3. The average molecular weight is 367 g/mol. The van der Waals surface area contributed by atoms with Gasteiger partial charge in [0.2, 0.25) is 5.78 Å². The third-order valence-electron chi connectivity index (χ3n) is 2.47. The quantitative estimate of drug-likeness (QED) is 0.556. The van der Waals surface area contributed by atoms with Gasteiger partial charge in [0.05, 0.1) is 0 Å². The molecule has 0 saturated heterocycles. The third kappa shape index (κ3) is 2.68. The summed E-state index contributed by atoms with van der Waals surface area (Å²) < 4.78 is 88.3. The Hall–Kier alpha value is -1.12. The van der Waals surface area contributed by atoms with Crippen LogP contribution >= 0.6 is 15.9 Å². The number of hydrogen-bond donors (Lipinski definition) is 0. The maximum absolute atomic E-state index is 13.2. The fraction of sp³-hybridized carbons (Fsp3) is 0.364. The van der Waals surface area contributed by atoms with E-state index in [0.29, 0.717) is 4.47 Å². The number of rotatable bonds is 3. The Balaban J connectivity index is 3.32. The second kappa shape index (κ2) is 5.01. The molecule has 0 N–H and O–H groups in total. The first-order valence-electron chi connectivity index (χ1n) is 4.95. The maximum atomic E-state index is 13.2. The summed E-state index contributed by atoms with van der Waals surface area (Å²) in [5, 5.41) is 0. The van der Waals surface area contributed by atoms with Crippen LogP contribution in [-0.4, -0.2) is 23.8 Å². The summed E-state index contributed by atoms with van der Waals surface area (Å²) in [6.07, 6.45) is -6.53. The number of ketones is 1. The topological polar surface area (TPSA) is 17.1 Å². The number of carbonyl (C=O) groups is 1.